The molecule has 0 saturated carbocycles. The second-order valence-corrected chi connectivity index (χ2v) is 7.82. The molecular weight excluding hydrogens is 348 g/mol. The van der Waals surface area contributed by atoms with Crippen LogP contribution < -0.4 is 15.5 Å². The zero-order chi connectivity index (χ0) is 19.7. The molecule has 0 aliphatic carbocycles. The fourth-order valence-electron chi connectivity index (χ4n) is 3.99. The standard InChI is InChI=1S/C23H28N4O/c1-16(2)26-11-13-27(14-12-26)19-9-7-18(8-10-19)24-15-20-22-17(3)5-4-6-21(22)25-23(20)28/h4-10,15-16,24H,11-14H2,1-3H3,(H,25,28)/b20-15+. The van der Waals surface area contributed by atoms with Crippen LogP contribution in [0.15, 0.2) is 48.7 Å². The third kappa shape index (κ3) is 3.62. The summed E-state index contributed by atoms with van der Waals surface area (Å²) >= 11 is 0. The predicted octanol–water partition coefficient (Wildman–Crippen LogP) is 3.93. The minimum absolute atomic E-state index is 0.0588. The van der Waals surface area contributed by atoms with Gasteiger partial charge in [-0.15, -0.1) is 0 Å². The van der Waals surface area contributed by atoms with Crippen molar-refractivity contribution in [3.8, 4) is 0 Å². The lowest BCUT2D eigenvalue weighted by molar-refractivity contribution is -0.110. The molecule has 2 N–H and O–H groups in total. The number of nitrogens with zero attached hydrogens (tertiary/aromatic N) is 2. The van der Waals surface area contributed by atoms with Crippen LogP contribution in [0.25, 0.3) is 5.57 Å². The molecule has 0 radical (unpaired) electrons. The molecule has 4 rings (SSSR count). The first-order valence-electron chi connectivity index (χ1n) is 10.00. The Kier molecular flexibility index (Phi) is 5.09. The Bertz CT molecular complexity index is 893. The molecule has 0 spiro atoms. The highest BCUT2D eigenvalue weighted by Crippen LogP contribution is 2.34. The zero-order valence-electron chi connectivity index (χ0n) is 16.8. The second-order valence-electron chi connectivity index (χ2n) is 7.82. The van der Waals surface area contributed by atoms with Crippen molar-refractivity contribution in [2.45, 2.75) is 26.8 Å². The van der Waals surface area contributed by atoms with Crippen LogP contribution in [0, 0.1) is 6.92 Å². The van der Waals surface area contributed by atoms with Crippen molar-refractivity contribution < 1.29 is 4.79 Å². The summed E-state index contributed by atoms with van der Waals surface area (Å²) in [6, 6.07) is 15.0. The minimum atomic E-state index is -0.0588. The van der Waals surface area contributed by atoms with Crippen LogP contribution in [-0.2, 0) is 4.79 Å². The van der Waals surface area contributed by atoms with E-state index >= 15 is 0 Å². The maximum Gasteiger partial charge on any atom is 0.257 e. The van der Waals surface area contributed by atoms with Crippen LogP contribution in [-0.4, -0.2) is 43.0 Å². The van der Waals surface area contributed by atoms with Crippen molar-refractivity contribution in [2.24, 2.45) is 0 Å². The maximum atomic E-state index is 12.3. The van der Waals surface area contributed by atoms with Crippen molar-refractivity contribution in [3.63, 3.8) is 0 Å². The summed E-state index contributed by atoms with van der Waals surface area (Å²) < 4.78 is 0. The number of carbonyl (C=O) groups excluding carboxylic acids is 1. The second kappa shape index (κ2) is 7.68. The first-order valence-corrected chi connectivity index (χ1v) is 10.00. The molecule has 1 fully saturated rings. The summed E-state index contributed by atoms with van der Waals surface area (Å²) in [5.74, 6) is -0.0588. The summed E-state index contributed by atoms with van der Waals surface area (Å²) in [5, 5.41) is 6.22. The number of nitrogens with one attached hydrogen (secondary N) is 2. The van der Waals surface area contributed by atoms with Crippen LogP contribution in [0.3, 0.4) is 0 Å². The van der Waals surface area contributed by atoms with Crippen molar-refractivity contribution in [3.05, 3.63) is 59.8 Å². The predicted molar refractivity (Wildman–Crippen MR) is 117 cm³/mol. The Morgan fingerprint density at radius 1 is 1.04 bits per heavy atom. The largest absolute Gasteiger partial charge is 0.369 e. The zero-order valence-corrected chi connectivity index (χ0v) is 16.8. The number of carbonyl (C=O) groups is 1. The SMILES string of the molecule is Cc1cccc2c1/C(=C\Nc1ccc(N3CCN(C(C)C)CC3)cc1)C(=O)N2. The van der Waals surface area contributed by atoms with E-state index in [1.165, 1.54) is 5.69 Å². The number of hydrogen-bond acceptors (Lipinski definition) is 4. The smallest absolute Gasteiger partial charge is 0.257 e. The van der Waals surface area contributed by atoms with E-state index in [-0.39, 0.29) is 5.91 Å². The van der Waals surface area contributed by atoms with E-state index in [0.29, 0.717) is 11.6 Å². The molecule has 0 bridgehead atoms. The molecule has 2 heterocycles. The molecular formula is C23H28N4O. The van der Waals surface area contributed by atoms with Gasteiger partial charge in [0, 0.05) is 61.0 Å². The van der Waals surface area contributed by atoms with Gasteiger partial charge < -0.3 is 15.5 Å². The van der Waals surface area contributed by atoms with Gasteiger partial charge in [0.05, 0.1) is 5.57 Å². The molecule has 0 atom stereocenters. The molecule has 5 nitrogen and oxygen atoms in total. The molecule has 5 heteroatoms. The number of amides is 1. The third-order valence-corrected chi connectivity index (χ3v) is 5.70. The molecule has 1 saturated heterocycles. The molecule has 2 aromatic carbocycles. The molecule has 2 aliphatic rings. The lowest BCUT2D eigenvalue weighted by Crippen LogP contribution is -2.48. The fourth-order valence-corrected chi connectivity index (χ4v) is 3.99. The Hall–Kier alpha value is -2.79. The quantitative estimate of drug-likeness (QED) is 0.794. The van der Waals surface area contributed by atoms with Crippen molar-refractivity contribution in [2.75, 3.05) is 41.7 Å². The lowest BCUT2D eigenvalue weighted by Gasteiger charge is -2.38. The Morgan fingerprint density at radius 3 is 2.43 bits per heavy atom. The highest BCUT2D eigenvalue weighted by atomic mass is 16.2. The minimum Gasteiger partial charge on any atom is -0.369 e. The summed E-state index contributed by atoms with van der Waals surface area (Å²) in [6.45, 7) is 10.9. The van der Waals surface area contributed by atoms with E-state index in [0.717, 1.165) is 48.7 Å². The van der Waals surface area contributed by atoms with Gasteiger partial charge in [-0.3, -0.25) is 9.69 Å². The van der Waals surface area contributed by atoms with Crippen LogP contribution in [0.4, 0.5) is 17.1 Å². The maximum absolute atomic E-state index is 12.3. The molecule has 2 aliphatic heterocycles. The molecule has 2 aromatic rings. The van der Waals surface area contributed by atoms with Crippen molar-refractivity contribution in [1.29, 1.82) is 0 Å². The summed E-state index contributed by atoms with van der Waals surface area (Å²) in [6.07, 6.45) is 1.81. The first kappa shape index (κ1) is 18.6. The van der Waals surface area contributed by atoms with Crippen LogP contribution in [0.1, 0.15) is 25.0 Å². The van der Waals surface area contributed by atoms with Gasteiger partial charge in [-0.2, -0.15) is 0 Å². The molecule has 28 heavy (non-hydrogen) atoms. The summed E-state index contributed by atoms with van der Waals surface area (Å²) in [7, 11) is 0. The van der Waals surface area contributed by atoms with E-state index in [2.05, 4.69) is 58.5 Å². The number of fused-ring (bicyclic) bond motifs is 1. The van der Waals surface area contributed by atoms with E-state index in [1.807, 2.05) is 31.3 Å². The van der Waals surface area contributed by atoms with E-state index in [4.69, 9.17) is 0 Å². The topological polar surface area (TPSA) is 47.6 Å². The highest BCUT2D eigenvalue weighted by Gasteiger charge is 2.25. The van der Waals surface area contributed by atoms with Crippen molar-refractivity contribution >= 4 is 28.5 Å². The number of benzene rings is 2. The van der Waals surface area contributed by atoms with E-state index in [1.54, 1.807) is 0 Å². The Morgan fingerprint density at radius 2 is 1.75 bits per heavy atom. The first-order chi connectivity index (χ1) is 13.5. The average molecular weight is 377 g/mol. The van der Waals surface area contributed by atoms with E-state index in [9.17, 15) is 4.79 Å². The van der Waals surface area contributed by atoms with Gasteiger partial charge in [0.25, 0.3) is 5.91 Å². The van der Waals surface area contributed by atoms with Gasteiger partial charge in [0.1, 0.15) is 0 Å². The number of rotatable bonds is 4. The van der Waals surface area contributed by atoms with E-state index < -0.39 is 0 Å². The molecule has 0 unspecified atom stereocenters. The van der Waals surface area contributed by atoms with Gasteiger partial charge in [-0.25, -0.2) is 0 Å². The van der Waals surface area contributed by atoms with Gasteiger partial charge in [0.2, 0.25) is 0 Å². The van der Waals surface area contributed by atoms with Gasteiger partial charge in [0.15, 0.2) is 0 Å². The molecule has 0 aromatic heterocycles. The van der Waals surface area contributed by atoms with Crippen LogP contribution in [0.5, 0.6) is 0 Å². The number of hydrogen-bond donors (Lipinski definition) is 2. The third-order valence-electron chi connectivity index (χ3n) is 5.70. The highest BCUT2D eigenvalue weighted by molar-refractivity contribution is 6.32. The number of anilines is 3. The van der Waals surface area contributed by atoms with Crippen LogP contribution in [0.2, 0.25) is 0 Å². The average Bonchev–Trinajstić information content (AvgIpc) is 3.03. The van der Waals surface area contributed by atoms with Gasteiger partial charge in [-0.05, 0) is 56.7 Å². The monoisotopic (exact) mass is 376 g/mol. The van der Waals surface area contributed by atoms with Crippen LogP contribution >= 0.6 is 0 Å². The number of piperazine rings is 1. The Balaban J connectivity index is 1.44. The fraction of sp³-hybridized carbons (Fsp3) is 0.348. The molecule has 1 amide bonds. The molecule has 146 valence electrons. The summed E-state index contributed by atoms with van der Waals surface area (Å²) in [5.41, 5.74) is 5.88. The van der Waals surface area contributed by atoms with Crippen molar-refractivity contribution in [1.82, 2.24) is 4.90 Å². The Labute approximate surface area is 167 Å². The number of aryl methyl sites for hydroxylation is 1. The summed E-state index contributed by atoms with van der Waals surface area (Å²) in [4.78, 5) is 17.3. The normalized spacial score (nSPS) is 18.5. The van der Waals surface area contributed by atoms with Gasteiger partial charge >= 0.3 is 0 Å². The van der Waals surface area contributed by atoms with Gasteiger partial charge in [-0.1, -0.05) is 12.1 Å². The lowest BCUT2D eigenvalue weighted by atomic mass is 10.0.